The largest absolute Gasteiger partial charge is 0.352 e. The first kappa shape index (κ1) is 14.3. The van der Waals surface area contributed by atoms with Crippen molar-refractivity contribution in [3.8, 4) is 0 Å². The lowest BCUT2D eigenvalue weighted by Gasteiger charge is -2.07. The van der Waals surface area contributed by atoms with Crippen molar-refractivity contribution in [3.63, 3.8) is 0 Å². The summed E-state index contributed by atoms with van der Waals surface area (Å²) in [6.45, 7) is 2.01. The SMILES string of the molecule is CNCCC(=O)NCc1cccc(Cn2cccn2)c1. The van der Waals surface area contributed by atoms with E-state index in [2.05, 4.69) is 27.9 Å². The molecule has 2 aromatic rings. The summed E-state index contributed by atoms with van der Waals surface area (Å²) in [6.07, 6.45) is 4.21. The molecule has 0 bridgehead atoms. The highest BCUT2D eigenvalue weighted by molar-refractivity contribution is 5.76. The van der Waals surface area contributed by atoms with E-state index in [-0.39, 0.29) is 5.91 Å². The number of carbonyl (C=O) groups is 1. The second-order valence-electron chi connectivity index (χ2n) is 4.65. The van der Waals surface area contributed by atoms with Crippen molar-refractivity contribution in [1.82, 2.24) is 20.4 Å². The first-order chi connectivity index (χ1) is 9.78. The monoisotopic (exact) mass is 272 g/mol. The third-order valence-corrected chi connectivity index (χ3v) is 2.99. The molecule has 0 aliphatic carbocycles. The molecule has 0 saturated carbocycles. The third kappa shape index (κ3) is 4.51. The van der Waals surface area contributed by atoms with Gasteiger partial charge >= 0.3 is 0 Å². The van der Waals surface area contributed by atoms with Crippen LogP contribution >= 0.6 is 0 Å². The maximum Gasteiger partial charge on any atom is 0.221 e. The molecule has 5 nitrogen and oxygen atoms in total. The first-order valence-corrected chi connectivity index (χ1v) is 6.74. The van der Waals surface area contributed by atoms with Crippen molar-refractivity contribution in [2.45, 2.75) is 19.5 Å². The number of rotatable bonds is 7. The number of carbonyl (C=O) groups excluding carboxylic acids is 1. The van der Waals surface area contributed by atoms with Crippen molar-refractivity contribution in [2.75, 3.05) is 13.6 Å². The zero-order valence-electron chi connectivity index (χ0n) is 11.7. The fourth-order valence-electron chi connectivity index (χ4n) is 1.95. The van der Waals surface area contributed by atoms with Crippen LogP contribution in [0.4, 0.5) is 0 Å². The van der Waals surface area contributed by atoms with Gasteiger partial charge in [0.15, 0.2) is 0 Å². The van der Waals surface area contributed by atoms with E-state index < -0.39 is 0 Å². The Balaban J connectivity index is 1.87. The molecule has 0 fully saturated rings. The third-order valence-electron chi connectivity index (χ3n) is 2.99. The molecular weight excluding hydrogens is 252 g/mol. The van der Waals surface area contributed by atoms with Gasteiger partial charge in [0, 0.05) is 31.9 Å². The highest BCUT2D eigenvalue weighted by Gasteiger charge is 2.01. The number of nitrogens with one attached hydrogen (secondary N) is 2. The quantitative estimate of drug-likeness (QED) is 0.795. The molecule has 0 aliphatic heterocycles. The zero-order chi connectivity index (χ0) is 14.2. The van der Waals surface area contributed by atoms with E-state index in [1.54, 1.807) is 6.20 Å². The Kier molecular flexibility index (Phi) is 5.32. The second-order valence-corrected chi connectivity index (χ2v) is 4.65. The zero-order valence-corrected chi connectivity index (χ0v) is 11.7. The molecule has 106 valence electrons. The lowest BCUT2D eigenvalue weighted by molar-refractivity contribution is -0.121. The Hall–Kier alpha value is -2.14. The van der Waals surface area contributed by atoms with Gasteiger partial charge in [0.25, 0.3) is 0 Å². The van der Waals surface area contributed by atoms with Gasteiger partial charge in [-0.05, 0) is 24.2 Å². The summed E-state index contributed by atoms with van der Waals surface area (Å²) in [7, 11) is 1.84. The van der Waals surface area contributed by atoms with Crippen LogP contribution in [0, 0.1) is 0 Å². The standard InChI is InChI=1S/C15H20N4O/c1-16-8-6-15(20)17-11-13-4-2-5-14(10-13)12-19-9-3-7-18-19/h2-5,7,9-10,16H,6,8,11-12H2,1H3,(H,17,20). The van der Waals surface area contributed by atoms with Crippen molar-refractivity contribution >= 4 is 5.91 Å². The van der Waals surface area contributed by atoms with Crippen LogP contribution < -0.4 is 10.6 Å². The fourth-order valence-corrected chi connectivity index (χ4v) is 1.95. The first-order valence-electron chi connectivity index (χ1n) is 6.74. The average Bonchev–Trinajstić information content (AvgIpc) is 2.96. The van der Waals surface area contributed by atoms with E-state index in [1.807, 2.05) is 36.1 Å². The summed E-state index contributed by atoms with van der Waals surface area (Å²) in [5.74, 6) is 0.0665. The minimum atomic E-state index is 0.0665. The Morgan fingerprint density at radius 3 is 2.90 bits per heavy atom. The van der Waals surface area contributed by atoms with Gasteiger partial charge in [-0.2, -0.15) is 5.10 Å². The molecule has 0 atom stereocenters. The molecule has 1 aromatic carbocycles. The number of amides is 1. The molecule has 2 N–H and O–H groups in total. The summed E-state index contributed by atoms with van der Waals surface area (Å²) < 4.78 is 1.88. The van der Waals surface area contributed by atoms with Crippen molar-refractivity contribution in [1.29, 1.82) is 0 Å². The molecule has 0 unspecified atom stereocenters. The Labute approximate surface area is 119 Å². The summed E-state index contributed by atoms with van der Waals surface area (Å²) in [5.41, 5.74) is 2.28. The molecular formula is C15H20N4O. The lowest BCUT2D eigenvalue weighted by atomic mass is 10.1. The smallest absolute Gasteiger partial charge is 0.221 e. The molecule has 0 radical (unpaired) electrons. The van der Waals surface area contributed by atoms with E-state index in [0.29, 0.717) is 19.5 Å². The van der Waals surface area contributed by atoms with Gasteiger partial charge in [-0.25, -0.2) is 0 Å². The summed E-state index contributed by atoms with van der Waals surface area (Å²) in [4.78, 5) is 11.6. The van der Waals surface area contributed by atoms with Crippen LogP contribution in [0.2, 0.25) is 0 Å². The van der Waals surface area contributed by atoms with Gasteiger partial charge in [-0.3, -0.25) is 9.48 Å². The predicted molar refractivity (Wildman–Crippen MR) is 78.2 cm³/mol. The summed E-state index contributed by atoms with van der Waals surface area (Å²) in [5, 5.41) is 10.1. The van der Waals surface area contributed by atoms with Gasteiger partial charge in [0.2, 0.25) is 5.91 Å². The molecule has 0 aliphatic rings. The normalized spacial score (nSPS) is 10.4. The van der Waals surface area contributed by atoms with Crippen molar-refractivity contribution in [2.24, 2.45) is 0 Å². The number of hydrogen-bond acceptors (Lipinski definition) is 3. The minimum Gasteiger partial charge on any atom is -0.352 e. The maximum absolute atomic E-state index is 11.6. The van der Waals surface area contributed by atoms with Crippen LogP contribution in [-0.2, 0) is 17.9 Å². The van der Waals surface area contributed by atoms with E-state index in [0.717, 1.165) is 12.1 Å². The molecule has 0 spiro atoms. The Morgan fingerprint density at radius 1 is 1.30 bits per heavy atom. The van der Waals surface area contributed by atoms with E-state index >= 15 is 0 Å². The average molecular weight is 272 g/mol. The molecule has 5 heteroatoms. The minimum absolute atomic E-state index is 0.0665. The van der Waals surface area contributed by atoms with Crippen LogP contribution in [0.3, 0.4) is 0 Å². The van der Waals surface area contributed by atoms with Crippen LogP contribution in [0.25, 0.3) is 0 Å². The van der Waals surface area contributed by atoms with Crippen LogP contribution in [0.1, 0.15) is 17.5 Å². The molecule has 20 heavy (non-hydrogen) atoms. The van der Waals surface area contributed by atoms with E-state index in [1.165, 1.54) is 5.56 Å². The number of hydrogen-bond donors (Lipinski definition) is 2. The lowest BCUT2D eigenvalue weighted by Crippen LogP contribution is -2.26. The van der Waals surface area contributed by atoms with Crippen molar-refractivity contribution in [3.05, 3.63) is 53.9 Å². The molecule has 1 aromatic heterocycles. The van der Waals surface area contributed by atoms with Gasteiger partial charge in [0.1, 0.15) is 0 Å². The van der Waals surface area contributed by atoms with Crippen LogP contribution in [-0.4, -0.2) is 29.3 Å². The van der Waals surface area contributed by atoms with Gasteiger partial charge in [-0.1, -0.05) is 24.3 Å². The molecule has 1 amide bonds. The van der Waals surface area contributed by atoms with E-state index in [4.69, 9.17) is 0 Å². The predicted octanol–water partition coefficient (Wildman–Crippen LogP) is 1.16. The number of benzene rings is 1. The number of nitrogens with zero attached hydrogens (tertiary/aromatic N) is 2. The second kappa shape index (κ2) is 7.45. The van der Waals surface area contributed by atoms with E-state index in [9.17, 15) is 4.79 Å². The molecule has 1 heterocycles. The van der Waals surface area contributed by atoms with Gasteiger partial charge in [-0.15, -0.1) is 0 Å². The maximum atomic E-state index is 11.6. The number of aromatic nitrogens is 2. The topological polar surface area (TPSA) is 59.0 Å². The molecule has 0 saturated heterocycles. The van der Waals surface area contributed by atoms with Crippen LogP contribution in [0.5, 0.6) is 0 Å². The Bertz CT molecular complexity index is 537. The van der Waals surface area contributed by atoms with Crippen LogP contribution in [0.15, 0.2) is 42.7 Å². The summed E-state index contributed by atoms with van der Waals surface area (Å²) in [6, 6.07) is 10.1. The molecule has 2 rings (SSSR count). The highest BCUT2D eigenvalue weighted by Crippen LogP contribution is 2.07. The van der Waals surface area contributed by atoms with Gasteiger partial charge < -0.3 is 10.6 Å². The highest BCUT2D eigenvalue weighted by atomic mass is 16.1. The van der Waals surface area contributed by atoms with Crippen molar-refractivity contribution < 1.29 is 4.79 Å². The summed E-state index contributed by atoms with van der Waals surface area (Å²) >= 11 is 0. The fraction of sp³-hybridized carbons (Fsp3) is 0.333. The Morgan fingerprint density at radius 2 is 2.15 bits per heavy atom. The van der Waals surface area contributed by atoms with Gasteiger partial charge in [0.05, 0.1) is 6.54 Å².